The third-order valence-corrected chi connectivity index (χ3v) is 4.90. The molecule has 0 fully saturated rings. The summed E-state index contributed by atoms with van der Waals surface area (Å²) >= 11 is 3.67. The Bertz CT molecular complexity index is 487. The first-order chi connectivity index (χ1) is 8.20. The van der Waals surface area contributed by atoms with Crippen LogP contribution in [0.15, 0.2) is 40.1 Å². The number of rotatable bonds is 3. The minimum absolute atomic E-state index is 1.25. The Hall–Kier alpha value is -0.800. The lowest BCUT2D eigenvalue weighted by atomic mass is 10.3. The fraction of sp³-hybridized carbons (Fsp3) is 0.286. The van der Waals surface area contributed by atoms with Gasteiger partial charge in [-0.25, -0.2) is 0 Å². The Balaban J connectivity index is 2.67. The number of thioether (sulfide) groups is 2. The van der Waals surface area contributed by atoms with Gasteiger partial charge in [0.25, 0.3) is 0 Å². The van der Waals surface area contributed by atoms with Gasteiger partial charge in [-0.05, 0) is 38.5 Å². The highest BCUT2D eigenvalue weighted by atomic mass is 32.2. The summed E-state index contributed by atoms with van der Waals surface area (Å²) in [5, 5.41) is 0. The maximum Gasteiger partial charge on any atom is 0.0455 e. The summed E-state index contributed by atoms with van der Waals surface area (Å²) in [6, 6.07) is 10.6. The SMILES string of the molecule is CSc1c(SC)c(C)n(-c2ccccc2)c1C. The van der Waals surface area contributed by atoms with Crippen molar-refractivity contribution < 1.29 is 0 Å². The van der Waals surface area contributed by atoms with Crippen LogP contribution in [0.25, 0.3) is 5.69 Å². The second-order valence-corrected chi connectivity index (χ2v) is 5.54. The molecule has 0 saturated heterocycles. The molecule has 0 N–H and O–H groups in total. The van der Waals surface area contributed by atoms with Crippen LogP contribution in [-0.2, 0) is 0 Å². The van der Waals surface area contributed by atoms with Gasteiger partial charge in [0.05, 0.1) is 0 Å². The van der Waals surface area contributed by atoms with Crippen molar-refractivity contribution in [3.8, 4) is 5.69 Å². The van der Waals surface area contributed by atoms with Gasteiger partial charge < -0.3 is 4.57 Å². The molecular weight excluding hydrogens is 246 g/mol. The summed E-state index contributed by atoms with van der Waals surface area (Å²) in [6.45, 7) is 4.40. The Morgan fingerprint density at radius 1 is 0.824 bits per heavy atom. The lowest BCUT2D eigenvalue weighted by molar-refractivity contribution is 0.948. The van der Waals surface area contributed by atoms with Crippen molar-refractivity contribution in [2.45, 2.75) is 23.6 Å². The van der Waals surface area contributed by atoms with Crippen LogP contribution in [0.5, 0.6) is 0 Å². The first-order valence-electron chi connectivity index (χ1n) is 5.56. The number of para-hydroxylation sites is 1. The number of nitrogens with zero attached hydrogens (tertiary/aromatic N) is 1. The van der Waals surface area contributed by atoms with Gasteiger partial charge >= 0.3 is 0 Å². The Morgan fingerprint density at radius 3 is 1.71 bits per heavy atom. The second-order valence-electron chi connectivity index (χ2n) is 3.91. The summed E-state index contributed by atoms with van der Waals surface area (Å²) in [7, 11) is 0. The predicted octanol–water partition coefficient (Wildman–Crippen LogP) is 4.54. The third kappa shape index (κ3) is 2.14. The molecule has 1 aromatic heterocycles. The Kier molecular flexibility index (Phi) is 3.89. The topological polar surface area (TPSA) is 4.93 Å². The first kappa shape index (κ1) is 12.7. The fourth-order valence-electron chi connectivity index (χ4n) is 2.23. The van der Waals surface area contributed by atoms with Crippen LogP contribution in [-0.4, -0.2) is 17.1 Å². The van der Waals surface area contributed by atoms with E-state index in [2.05, 4.69) is 61.3 Å². The second kappa shape index (κ2) is 5.23. The van der Waals surface area contributed by atoms with Crippen LogP contribution in [0.1, 0.15) is 11.4 Å². The lowest BCUT2D eigenvalue weighted by Gasteiger charge is -2.09. The molecule has 0 atom stereocenters. The van der Waals surface area contributed by atoms with Crippen molar-refractivity contribution in [1.82, 2.24) is 4.57 Å². The van der Waals surface area contributed by atoms with Crippen molar-refractivity contribution in [2.24, 2.45) is 0 Å². The smallest absolute Gasteiger partial charge is 0.0455 e. The molecule has 0 aliphatic heterocycles. The predicted molar refractivity (Wildman–Crippen MR) is 78.8 cm³/mol. The third-order valence-electron chi connectivity index (χ3n) is 2.96. The molecule has 0 saturated carbocycles. The summed E-state index contributed by atoms with van der Waals surface area (Å²) in [6.07, 6.45) is 4.30. The average Bonchev–Trinajstić information content (AvgIpc) is 2.60. The zero-order chi connectivity index (χ0) is 12.4. The summed E-state index contributed by atoms with van der Waals surface area (Å²) in [4.78, 5) is 2.80. The largest absolute Gasteiger partial charge is 0.316 e. The van der Waals surface area contributed by atoms with Crippen LogP contribution >= 0.6 is 23.5 Å². The maximum atomic E-state index is 2.34. The van der Waals surface area contributed by atoms with Gasteiger partial charge in [-0.3, -0.25) is 0 Å². The molecule has 2 rings (SSSR count). The number of aromatic nitrogens is 1. The van der Waals surface area contributed by atoms with E-state index in [0.717, 1.165) is 0 Å². The molecule has 0 aliphatic carbocycles. The summed E-state index contributed by atoms with van der Waals surface area (Å²) < 4.78 is 2.34. The first-order valence-corrected chi connectivity index (χ1v) is 8.01. The van der Waals surface area contributed by atoms with Crippen LogP contribution in [0.3, 0.4) is 0 Å². The van der Waals surface area contributed by atoms with Crippen LogP contribution in [0, 0.1) is 13.8 Å². The lowest BCUT2D eigenvalue weighted by Crippen LogP contribution is -1.98. The number of hydrogen-bond donors (Lipinski definition) is 0. The molecule has 3 heteroatoms. The number of benzene rings is 1. The van der Waals surface area contributed by atoms with Gasteiger partial charge in [0.15, 0.2) is 0 Å². The monoisotopic (exact) mass is 263 g/mol. The molecule has 1 aromatic carbocycles. The normalized spacial score (nSPS) is 10.8. The van der Waals surface area contributed by atoms with Crippen molar-refractivity contribution in [2.75, 3.05) is 12.5 Å². The molecular formula is C14H17NS2. The van der Waals surface area contributed by atoms with E-state index in [9.17, 15) is 0 Å². The highest BCUT2D eigenvalue weighted by Crippen LogP contribution is 2.37. The molecule has 0 radical (unpaired) electrons. The van der Waals surface area contributed by atoms with E-state index in [1.807, 2.05) is 23.5 Å². The molecule has 90 valence electrons. The zero-order valence-corrected chi connectivity index (χ0v) is 12.3. The fourth-order valence-corrected chi connectivity index (χ4v) is 4.17. The van der Waals surface area contributed by atoms with Gasteiger partial charge in [0, 0.05) is 26.9 Å². The molecule has 1 nitrogen and oxygen atoms in total. The molecule has 0 spiro atoms. The van der Waals surface area contributed by atoms with E-state index < -0.39 is 0 Å². The van der Waals surface area contributed by atoms with E-state index in [1.54, 1.807) is 0 Å². The highest BCUT2D eigenvalue weighted by Gasteiger charge is 2.16. The highest BCUT2D eigenvalue weighted by molar-refractivity contribution is 8.01. The van der Waals surface area contributed by atoms with E-state index in [-0.39, 0.29) is 0 Å². The van der Waals surface area contributed by atoms with Gasteiger partial charge in [0.2, 0.25) is 0 Å². The molecule has 1 heterocycles. The van der Waals surface area contributed by atoms with Gasteiger partial charge in [-0.1, -0.05) is 18.2 Å². The van der Waals surface area contributed by atoms with Gasteiger partial charge in [-0.15, -0.1) is 23.5 Å². The molecule has 0 aliphatic rings. The number of hydrogen-bond acceptors (Lipinski definition) is 2. The van der Waals surface area contributed by atoms with Crippen LogP contribution in [0.2, 0.25) is 0 Å². The summed E-state index contributed by atoms with van der Waals surface area (Å²) in [5.74, 6) is 0. The quantitative estimate of drug-likeness (QED) is 0.749. The van der Waals surface area contributed by atoms with E-state index in [1.165, 1.54) is 26.9 Å². The van der Waals surface area contributed by atoms with Crippen LogP contribution in [0.4, 0.5) is 0 Å². The standard InChI is InChI=1S/C14H17NS2/c1-10-13(16-3)14(17-4)11(2)15(10)12-8-6-5-7-9-12/h5-9H,1-4H3. The van der Waals surface area contributed by atoms with Crippen LogP contribution < -0.4 is 0 Å². The minimum atomic E-state index is 1.25. The van der Waals surface area contributed by atoms with Gasteiger partial charge in [-0.2, -0.15) is 0 Å². The van der Waals surface area contributed by atoms with Crippen molar-refractivity contribution >= 4 is 23.5 Å². The van der Waals surface area contributed by atoms with Crippen molar-refractivity contribution in [3.63, 3.8) is 0 Å². The zero-order valence-electron chi connectivity index (χ0n) is 10.7. The maximum absolute atomic E-state index is 2.34. The molecule has 17 heavy (non-hydrogen) atoms. The molecule has 0 bridgehead atoms. The van der Waals surface area contributed by atoms with Crippen molar-refractivity contribution in [3.05, 3.63) is 41.7 Å². The average molecular weight is 263 g/mol. The molecule has 2 aromatic rings. The van der Waals surface area contributed by atoms with E-state index in [4.69, 9.17) is 0 Å². The van der Waals surface area contributed by atoms with Crippen molar-refractivity contribution in [1.29, 1.82) is 0 Å². The Labute approximate surface area is 112 Å². The van der Waals surface area contributed by atoms with Gasteiger partial charge in [0.1, 0.15) is 0 Å². The van der Waals surface area contributed by atoms with E-state index in [0.29, 0.717) is 0 Å². The minimum Gasteiger partial charge on any atom is -0.316 e. The Morgan fingerprint density at radius 2 is 1.29 bits per heavy atom. The van der Waals surface area contributed by atoms with E-state index >= 15 is 0 Å². The summed E-state index contributed by atoms with van der Waals surface area (Å²) in [5.41, 5.74) is 3.93. The molecule has 0 unspecified atom stereocenters. The molecule has 0 amide bonds.